The summed E-state index contributed by atoms with van der Waals surface area (Å²) in [7, 11) is 3.66. The summed E-state index contributed by atoms with van der Waals surface area (Å²) in [6, 6.07) is -3.65. The second-order valence-electron chi connectivity index (χ2n) is 31.6. The number of rotatable bonds is 54. The molecule has 1 saturated heterocycles. The molecule has 1 aliphatic heterocycles. The number of likely N-dealkylation sites (tertiary alicyclic amines) is 1. The fourth-order valence-corrected chi connectivity index (χ4v) is 16.3. The zero-order chi connectivity index (χ0) is 96.3. The highest BCUT2D eigenvalue weighted by molar-refractivity contribution is 8.76. The lowest BCUT2D eigenvalue weighted by molar-refractivity contribution is -0.385. The molecule has 0 radical (unpaired) electrons. The molecule has 710 valence electrons. The Morgan fingerprint density at radius 3 is 2.05 bits per heavy atom. The number of aliphatic carboxylic acids is 4. The van der Waals surface area contributed by atoms with Crippen molar-refractivity contribution >= 4 is 156 Å². The van der Waals surface area contributed by atoms with Gasteiger partial charge in [-0.2, -0.15) is 4.98 Å². The van der Waals surface area contributed by atoms with Crippen LogP contribution in [0.15, 0.2) is 58.8 Å². The molecule has 0 saturated carbocycles. The van der Waals surface area contributed by atoms with Gasteiger partial charge in [-0.25, -0.2) is 24.5 Å². The molecule has 49 heteroatoms. The summed E-state index contributed by atoms with van der Waals surface area (Å²) in [5, 5.41) is 93.5. The van der Waals surface area contributed by atoms with Crippen LogP contribution in [0.4, 0.5) is 17.3 Å². The third kappa shape index (κ3) is 34.6. The molecule has 3 aromatic heterocycles. The van der Waals surface area contributed by atoms with Gasteiger partial charge in [0.15, 0.2) is 35.7 Å². The van der Waals surface area contributed by atoms with E-state index in [-0.39, 0.29) is 108 Å². The number of nitrogens with zero attached hydrogens (tertiary/aromatic N) is 7. The Morgan fingerprint density at radius 2 is 1.43 bits per heavy atom. The van der Waals surface area contributed by atoms with E-state index >= 15 is 4.79 Å². The van der Waals surface area contributed by atoms with Crippen LogP contribution >= 0.6 is 32.9 Å². The third-order valence-electron chi connectivity index (χ3n) is 20.5. The molecule has 12 atom stereocenters. The van der Waals surface area contributed by atoms with Crippen molar-refractivity contribution in [2.75, 3.05) is 56.0 Å². The molecule has 46 nitrogen and oxygen atoms in total. The Labute approximate surface area is 757 Å². The minimum atomic E-state index is -2.07. The lowest BCUT2D eigenvalue weighted by Gasteiger charge is -2.39. The molecule has 6 rings (SSSR count). The van der Waals surface area contributed by atoms with Crippen molar-refractivity contribution in [1.82, 2.24) is 77.3 Å². The van der Waals surface area contributed by atoms with E-state index in [2.05, 4.69) is 72.8 Å². The molecular weight excluding hydrogens is 1770 g/mol. The van der Waals surface area contributed by atoms with E-state index in [1.54, 1.807) is 0 Å². The maximum Gasteiger partial charge on any atom is 0.327 e. The zero-order valence-electron chi connectivity index (χ0n) is 72.9. The predicted molar refractivity (Wildman–Crippen MR) is 471 cm³/mol. The summed E-state index contributed by atoms with van der Waals surface area (Å²) in [5.74, 6) is -20.1. The fourth-order valence-electron chi connectivity index (χ4n) is 13.5. The number of hydrogen-bond donors (Lipinski definition) is 18. The van der Waals surface area contributed by atoms with Crippen LogP contribution in [0.3, 0.4) is 0 Å². The number of phenolic OH excluding ortho intramolecular Hbond substituents is 1. The number of aromatic nitrogens is 5. The van der Waals surface area contributed by atoms with Crippen molar-refractivity contribution in [3.8, 4) is 5.75 Å². The molecule has 0 aliphatic carbocycles. The van der Waals surface area contributed by atoms with Crippen molar-refractivity contribution in [3.05, 3.63) is 102 Å². The maximum atomic E-state index is 15.1. The number of carbonyl (C=O) groups excluding carboxylic acids is 11. The smallest absolute Gasteiger partial charge is 0.327 e. The van der Waals surface area contributed by atoms with Gasteiger partial charge in [0.2, 0.25) is 41.4 Å². The first kappa shape index (κ1) is 106. The number of H-pyrrole nitrogens is 1. The van der Waals surface area contributed by atoms with E-state index in [0.29, 0.717) is 30.8 Å². The monoisotopic (exact) mass is 1880 g/mol. The highest BCUT2D eigenvalue weighted by atomic mass is 33.1. The Balaban J connectivity index is 1.07. The minimum absolute atomic E-state index is 0.0176. The van der Waals surface area contributed by atoms with E-state index in [9.17, 15) is 108 Å². The molecule has 0 bridgehead atoms. The number of esters is 3. The number of nitrogen functional groups attached to an aromatic ring is 1. The Kier molecular flexibility index (Phi) is 42.3. The highest BCUT2D eigenvalue weighted by Gasteiger charge is 2.41. The van der Waals surface area contributed by atoms with E-state index in [1.807, 2.05) is 53.5 Å². The van der Waals surface area contributed by atoms with Gasteiger partial charge in [0.25, 0.3) is 17.4 Å². The van der Waals surface area contributed by atoms with Crippen LogP contribution in [0.1, 0.15) is 182 Å². The lowest BCUT2D eigenvalue weighted by Crippen LogP contribution is -2.59. The number of nitro benzene ring substituents is 1. The molecule has 4 heterocycles. The fraction of sp³-hybridized carbons (Fsp3) is 0.543. The Bertz CT molecular complexity index is 4930. The maximum absolute atomic E-state index is 15.1. The first-order valence-corrected chi connectivity index (χ1v) is 44.9. The molecule has 5 aromatic rings. The van der Waals surface area contributed by atoms with Gasteiger partial charge in [-0.05, 0) is 112 Å². The molecule has 8 amide bonds. The number of guanidine groups is 1. The van der Waals surface area contributed by atoms with Gasteiger partial charge >= 0.3 is 47.5 Å². The number of aromatic amines is 1. The van der Waals surface area contributed by atoms with Crippen molar-refractivity contribution in [3.63, 3.8) is 0 Å². The lowest BCUT2D eigenvalue weighted by atomic mass is 9.92. The van der Waals surface area contributed by atoms with Crippen LogP contribution in [0.25, 0.3) is 11.2 Å². The van der Waals surface area contributed by atoms with Gasteiger partial charge in [-0.15, -0.1) is 11.3 Å². The number of benzene rings is 2. The van der Waals surface area contributed by atoms with Crippen LogP contribution in [-0.2, 0) is 89.5 Å². The summed E-state index contributed by atoms with van der Waals surface area (Å²) in [6.45, 7) is 13.4. The largest absolute Gasteiger partial charge is 0.502 e. The van der Waals surface area contributed by atoms with Crippen molar-refractivity contribution in [2.45, 2.75) is 212 Å². The summed E-state index contributed by atoms with van der Waals surface area (Å²) in [4.78, 5) is 247. The number of carbonyl (C=O) groups is 15. The van der Waals surface area contributed by atoms with E-state index in [0.717, 1.165) is 64.8 Å². The number of aromatic hydroxyl groups is 1. The number of amides is 8. The minimum Gasteiger partial charge on any atom is -0.502 e. The standard InChI is InChI=1S/C81H112N20O26S3/c1-10-42(6)65(96-73(115)56-15-11-12-25-99(56)9)76(117)100(39-126-64(109)28-40(2)3)57(41(4)5)34-60(127-44(8)102)75-95-54(37-128-75)72(114)89-48(30-45-16-22-59(103)58(31-45)101(123)124)29-43(7)79(122)125-26-27-129-130-38-55(78(120)121)94-71(113)53(33-63(107)108)93-69(111)50(14-13-24-85-80(82)83)91-70(112)52(32-62(105)106)90-61(104)23-21-51(77(118)119)92-68(110)46-17-19-47(20-18-46)86-35-49-36-87-67-66(88-49)74(116)98-81(84)97-67/h16-20,22,31,36-37,40-43,48,50-53,55-57,60,65,86,103H,10-15,21,23-30,32-35,38-39H2,1-9H3,(H,89,114)(H,90,104)(H,91,112)(H,92,110)(H,93,111)(H,94,113)(H,96,115)(H,105,106)(H,107,108)(H,118,119)(H,120,121)(H4,82,83,85)(H3,84,87,97,98,116)/t42?,43-,48+,50-,51-,52-,53-,55-,56+,57+,60+,65-/m0/s1. The quantitative estimate of drug-likeness (QED) is 0.00306. The number of thiazole rings is 1. The SMILES string of the molecule is CCC(C)[C@H](NC(=O)[C@H]1CCCCN1C)C(=O)N(COC(=O)CC(C)C)[C@H](C[C@@H](OC(C)=O)c1nc(C(=O)N[C@@H](Cc2ccc(O)c([N+](=O)[O-])c2)C[C@H](C)C(=O)OCCSSC[C@H](NC(=O)[C@H](CC(=O)O)NC(=O)[C@H](CCCNC(=N)N)NC(=O)[C@H](CC(=O)O)NC(=O)CC[C@H](NC(=O)c2ccc(NCc3cnc4nc(N)[nH]c(=O)c4n3)cc2)C(=O)O)C(=O)O)cs1)C(C)C. The Morgan fingerprint density at radius 1 is 0.777 bits per heavy atom. The molecule has 2 aromatic carbocycles. The molecule has 1 aliphatic rings. The zero-order valence-corrected chi connectivity index (χ0v) is 75.4. The van der Waals surface area contributed by atoms with Gasteiger partial charge in [-0.1, -0.05) is 89.0 Å². The number of hydrogen-bond acceptors (Lipinski definition) is 33. The summed E-state index contributed by atoms with van der Waals surface area (Å²) in [5.41, 5.74) is 10.5. The van der Waals surface area contributed by atoms with Gasteiger partial charge < -0.3 is 104 Å². The number of nitro groups is 1. The number of nitrogens with two attached hydrogens (primary N) is 2. The van der Waals surface area contributed by atoms with Crippen LogP contribution in [0.5, 0.6) is 5.75 Å². The normalized spacial score (nSPS) is 15.1. The first-order chi connectivity index (χ1) is 61.4. The van der Waals surface area contributed by atoms with Crippen molar-refractivity contribution < 1.29 is 117 Å². The highest BCUT2D eigenvalue weighted by Crippen LogP contribution is 2.34. The molecule has 20 N–H and O–H groups in total. The number of carboxylic acid groups (broad SMARTS) is 4. The molecule has 0 spiro atoms. The van der Waals surface area contributed by atoms with Crippen LogP contribution < -0.4 is 64.9 Å². The topological polar surface area (TPSA) is 703 Å². The predicted octanol–water partition coefficient (Wildman–Crippen LogP) is 2.58. The Hall–Kier alpha value is -12.9. The summed E-state index contributed by atoms with van der Waals surface area (Å²) in [6.07, 6.45) is -1.72. The number of fused-ring (bicyclic) bond motifs is 1. The molecular formula is C81H112N20O26S3. The van der Waals surface area contributed by atoms with Gasteiger partial charge in [0.05, 0.1) is 48.2 Å². The number of nitrogens with one attached hydrogen (secondary N) is 11. The molecule has 1 fully saturated rings. The average Bonchev–Trinajstić information content (AvgIpc) is 1.74. The second-order valence-corrected chi connectivity index (χ2v) is 35.2. The van der Waals surface area contributed by atoms with Gasteiger partial charge in [-0.3, -0.25) is 92.5 Å². The number of likely N-dealkylation sites (N-methyl/N-ethyl adjacent to an activating group) is 1. The molecule has 1 unspecified atom stereocenters. The van der Waals surface area contributed by atoms with Crippen molar-refractivity contribution in [2.24, 2.45) is 29.4 Å². The number of anilines is 2. The van der Waals surface area contributed by atoms with Crippen LogP contribution in [0.2, 0.25) is 0 Å². The number of piperidine rings is 1. The summed E-state index contributed by atoms with van der Waals surface area (Å²) >= 11 is 0.936. The van der Waals surface area contributed by atoms with E-state index in [1.165, 1.54) is 53.7 Å². The first-order valence-electron chi connectivity index (χ1n) is 41.5. The van der Waals surface area contributed by atoms with Crippen molar-refractivity contribution in [1.29, 1.82) is 5.41 Å². The number of ether oxygens (including phenoxy) is 3. The number of carboxylic acids is 4. The van der Waals surface area contributed by atoms with Crippen LogP contribution in [0, 0.1) is 39.2 Å². The second kappa shape index (κ2) is 51.9. The summed E-state index contributed by atoms with van der Waals surface area (Å²) < 4.78 is 17.2. The van der Waals surface area contributed by atoms with E-state index in [4.69, 9.17) is 31.1 Å². The average molecular weight is 1880 g/mol. The van der Waals surface area contributed by atoms with Crippen LogP contribution in [-0.4, -0.2) is 260 Å². The van der Waals surface area contributed by atoms with E-state index < -0.39 is 234 Å². The van der Waals surface area contributed by atoms with Gasteiger partial charge in [0, 0.05) is 79.0 Å². The third-order valence-corrected chi connectivity index (χ3v) is 23.8. The van der Waals surface area contributed by atoms with Gasteiger partial charge in [0.1, 0.15) is 53.6 Å². The molecule has 130 heavy (non-hydrogen) atoms. The number of phenols is 1.